The molecule has 0 amide bonds. The second kappa shape index (κ2) is 6.19. The zero-order valence-corrected chi connectivity index (χ0v) is 9.43. The number of aliphatic carboxylic acids is 1. The van der Waals surface area contributed by atoms with Crippen molar-refractivity contribution in [3.63, 3.8) is 0 Å². The van der Waals surface area contributed by atoms with E-state index in [0.717, 1.165) is 0 Å². The summed E-state index contributed by atoms with van der Waals surface area (Å²) in [5, 5.41) is 8.68. The number of thiol groups is 1. The molecule has 1 aromatic carbocycles. The molecule has 0 aromatic heterocycles. The standard InChI is InChI=1S/C12H11FO2S/c13-11-5-4-10(8-12(14)15)9(7-11)3-1-2-6-16/h4-5,7,16H,2,6,8H2,(H,14,15). The van der Waals surface area contributed by atoms with Gasteiger partial charge in [-0.1, -0.05) is 17.9 Å². The van der Waals surface area contributed by atoms with E-state index in [1.54, 1.807) is 0 Å². The van der Waals surface area contributed by atoms with Crippen LogP contribution in [0.4, 0.5) is 4.39 Å². The van der Waals surface area contributed by atoms with E-state index in [1.165, 1.54) is 18.2 Å². The van der Waals surface area contributed by atoms with Crippen LogP contribution in [-0.2, 0) is 11.2 Å². The minimum absolute atomic E-state index is 0.148. The zero-order valence-electron chi connectivity index (χ0n) is 8.53. The number of carboxylic acids is 1. The van der Waals surface area contributed by atoms with Crippen LogP contribution in [0.5, 0.6) is 0 Å². The van der Waals surface area contributed by atoms with Gasteiger partial charge in [0.25, 0.3) is 0 Å². The fourth-order valence-electron chi connectivity index (χ4n) is 1.20. The van der Waals surface area contributed by atoms with Gasteiger partial charge in [-0.05, 0) is 17.7 Å². The highest BCUT2D eigenvalue weighted by Gasteiger charge is 2.06. The first-order valence-electron chi connectivity index (χ1n) is 4.73. The lowest BCUT2D eigenvalue weighted by Crippen LogP contribution is -2.02. The lowest BCUT2D eigenvalue weighted by molar-refractivity contribution is -0.136. The van der Waals surface area contributed by atoms with Crippen LogP contribution in [0.1, 0.15) is 17.5 Å². The molecule has 0 saturated heterocycles. The van der Waals surface area contributed by atoms with Gasteiger partial charge in [-0.15, -0.1) is 0 Å². The van der Waals surface area contributed by atoms with Gasteiger partial charge in [0.15, 0.2) is 0 Å². The molecule has 0 bridgehead atoms. The average molecular weight is 238 g/mol. The summed E-state index contributed by atoms with van der Waals surface area (Å²) in [4.78, 5) is 10.6. The van der Waals surface area contributed by atoms with Crippen LogP contribution in [-0.4, -0.2) is 16.8 Å². The summed E-state index contributed by atoms with van der Waals surface area (Å²) in [6.45, 7) is 0. The molecular formula is C12H11FO2S. The minimum atomic E-state index is -0.955. The van der Waals surface area contributed by atoms with E-state index >= 15 is 0 Å². The van der Waals surface area contributed by atoms with Gasteiger partial charge in [-0.3, -0.25) is 4.79 Å². The molecule has 0 radical (unpaired) electrons. The summed E-state index contributed by atoms with van der Waals surface area (Å²) in [5.74, 6) is 4.82. The Morgan fingerprint density at radius 2 is 2.25 bits per heavy atom. The van der Waals surface area contributed by atoms with Crippen LogP contribution >= 0.6 is 12.6 Å². The largest absolute Gasteiger partial charge is 0.481 e. The summed E-state index contributed by atoms with van der Waals surface area (Å²) in [5.41, 5.74) is 0.963. The molecule has 1 N–H and O–H groups in total. The van der Waals surface area contributed by atoms with Crippen molar-refractivity contribution in [3.05, 3.63) is 35.1 Å². The molecule has 0 spiro atoms. The van der Waals surface area contributed by atoms with E-state index in [9.17, 15) is 9.18 Å². The molecule has 2 nitrogen and oxygen atoms in total. The van der Waals surface area contributed by atoms with Gasteiger partial charge in [0.05, 0.1) is 6.42 Å². The van der Waals surface area contributed by atoms with Gasteiger partial charge in [0.1, 0.15) is 5.82 Å². The summed E-state index contributed by atoms with van der Waals surface area (Å²) >= 11 is 4.00. The van der Waals surface area contributed by atoms with Crippen LogP contribution in [0.2, 0.25) is 0 Å². The van der Waals surface area contributed by atoms with Gasteiger partial charge < -0.3 is 5.11 Å². The smallest absolute Gasteiger partial charge is 0.307 e. The molecule has 1 aromatic rings. The first-order chi connectivity index (χ1) is 7.63. The third kappa shape index (κ3) is 3.95. The average Bonchev–Trinajstić information content (AvgIpc) is 2.22. The summed E-state index contributed by atoms with van der Waals surface area (Å²) in [6, 6.07) is 3.94. The SMILES string of the molecule is O=C(O)Cc1ccc(F)cc1C#CCCS. The molecule has 1 rings (SSSR count). The lowest BCUT2D eigenvalue weighted by atomic mass is 10.0. The third-order valence-corrected chi connectivity index (χ3v) is 2.10. The molecule has 84 valence electrons. The predicted octanol–water partition coefficient (Wildman–Crippen LogP) is 2.12. The van der Waals surface area contributed by atoms with Crippen LogP contribution in [0, 0.1) is 17.7 Å². The Kier molecular flexibility index (Phi) is 4.87. The minimum Gasteiger partial charge on any atom is -0.481 e. The molecule has 0 aliphatic heterocycles. The fourth-order valence-corrected chi connectivity index (χ4v) is 1.31. The maximum atomic E-state index is 13.0. The van der Waals surface area contributed by atoms with Crippen molar-refractivity contribution < 1.29 is 14.3 Å². The van der Waals surface area contributed by atoms with E-state index < -0.39 is 11.8 Å². The Bertz CT molecular complexity index is 446. The molecule has 16 heavy (non-hydrogen) atoms. The van der Waals surface area contributed by atoms with Crippen LogP contribution in [0.3, 0.4) is 0 Å². The third-order valence-electron chi connectivity index (χ3n) is 1.87. The van der Waals surface area contributed by atoms with Crippen molar-refractivity contribution in [3.8, 4) is 11.8 Å². The highest BCUT2D eigenvalue weighted by molar-refractivity contribution is 7.80. The number of halogens is 1. The van der Waals surface area contributed by atoms with Gasteiger partial charge in [0, 0.05) is 17.7 Å². The van der Waals surface area contributed by atoms with Crippen LogP contribution in [0.25, 0.3) is 0 Å². The maximum absolute atomic E-state index is 13.0. The van der Waals surface area contributed by atoms with Gasteiger partial charge >= 0.3 is 5.97 Å². The Balaban J connectivity index is 2.99. The van der Waals surface area contributed by atoms with Gasteiger partial charge in [0.2, 0.25) is 0 Å². The molecule has 0 saturated carbocycles. The molecular weight excluding hydrogens is 227 g/mol. The van der Waals surface area contributed by atoms with E-state index in [1.807, 2.05) is 0 Å². The summed E-state index contributed by atoms with van der Waals surface area (Å²) < 4.78 is 13.0. The number of carboxylic acid groups (broad SMARTS) is 1. The van der Waals surface area contributed by atoms with Gasteiger partial charge in [-0.25, -0.2) is 4.39 Å². The number of benzene rings is 1. The second-order valence-electron chi connectivity index (χ2n) is 3.15. The van der Waals surface area contributed by atoms with Crippen LogP contribution in [0.15, 0.2) is 18.2 Å². The fraction of sp³-hybridized carbons (Fsp3) is 0.250. The Morgan fingerprint density at radius 3 is 2.88 bits per heavy atom. The number of rotatable bonds is 3. The Hall–Kier alpha value is -1.47. The molecule has 0 heterocycles. The van der Waals surface area contributed by atoms with Crippen molar-refractivity contribution in [2.24, 2.45) is 0 Å². The molecule has 0 atom stereocenters. The number of hydrogen-bond donors (Lipinski definition) is 2. The first kappa shape index (κ1) is 12.6. The van der Waals surface area contributed by atoms with Gasteiger partial charge in [-0.2, -0.15) is 12.6 Å². The Labute approximate surface area is 98.9 Å². The molecule has 0 aliphatic carbocycles. The normalized spacial score (nSPS) is 9.38. The van der Waals surface area contributed by atoms with Crippen molar-refractivity contribution >= 4 is 18.6 Å². The van der Waals surface area contributed by atoms with E-state index in [-0.39, 0.29) is 6.42 Å². The van der Waals surface area contributed by atoms with E-state index in [4.69, 9.17) is 5.11 Å². The molecule has 0 unspecified atom stereocenters. The Morgan fingerprint density at radius 1 is 1.50 bits per heavy atom. The lowest BCUT2D eigenvalue weighted by Gasteiger charge is -2.01. The van der Waals surface area contributed by atoms with Crippen LogP contribution < -0.4 is 0 Å². The number of hydrogen-bond acceptors (Lipinski definition) is 2. The van der Waals surface area contributed by atoms with E-state index in [0.29, 0.717) is 23.3 Å². The molecule has 4 heteroatoms. The second-order valence-corrected chi connectivity index (χ2v) is 3.59. The molecule has 0 aliphatic rings. The quantitative estimate of drug-likeness (QED) is 0.625. The monoisotopic (exact) mass is 238 g/mol. The van der Waals surface area contributed by atoms with E-state index in [2.05, 4.69) is 24.5 Å². The maximum Gasteiger partial charge on any atom is 0.307 e. The number of carbonyl (C=O) groups is 1. The predicted molar refractivity (Wildman–Crippen MR) is 63.1 cm³/mol. The zero-order chi connectivity index (χ0) is 12.0. The molecule has 0 fully saturated rings. The van der Waals surface area contributed by atoms with Crippen molar-refractivity contribution in [1.29, 1.82) is 0 Å². The first-order valence-corrected chi connectivity index (χ1v) is 5.36. The highest BCUT2D eigenvalue weighted by atomic mass is 32.1. The van der Waals surface area contributed by atoms with Crippen molar-refractivity contribution in [1.82, 2.24) is 0 Å². The summed E-state index contributed by atoms with van der Waals surface area (Å²) in [6.07, 6.45) is 0.442. The van der Waals surface area contributed by atoms with Crippen molar-refractivity contribution in [2.75, 3.05) is 5.75 Å². The highest BCUT2D eigenvalue weighted by Crippen LogP contribution is 2.11. The summed E-state index contributed by atoms with van der Waals surface area (Å²) in [7, 11) is 0. The topological polar surface area (TPSA) is 37.3 Å². The van der Waals surface area contributed by atoms with Crippen molar-refractivity contribution in [2.45, 2.75) is 12.8 Å².